The number of hydrogen-bond donors (Lipinski definition) is 0. The van der Waals surface area contributed by atoms with Crippen molar-refractivity contribution in [2.45, 2.75) is 6.42 Å². The van der Waals surface area contributed by atoms with Crippen LogP contribution in [-0.2, 0) is 23.4 Å². The Morgan fingerprint density at radius 2 is 2.15 bits per heavy atom. The predicted molar refractivity (Wildman–Crippen MR) is 45.4 cm³/mol. The Hall–Kier alpha value is -1.22. The van der Waals surface area contributed by atoms with E-state index in [1.54, 1.807) is 0 Å². The van der Waals surface area contributed by atoms with Gasteiger partial charge in [-0.05, 0) is 4.57 Å². The van der Waals surface area contributed by atoms with Crippen molar-refractivity contribution in [1.82, 2.24) is 0 Å². The number of esters is 1. The lowest BCUT2D eigenvalue weighted by Gasteiger charge is -1.96. The van der Waals surface area contributed by atoms with Gasteiger partial charge in [-0.25, -0.2) is 14.1 Å². The second-order valence-electron chi connectivity index (χ2n) is 2.02. The topological polar surface area (TPSA) is 69.7 Å². The van der Waals surface area contributed by atoms with Crippen LogP contribution in [0.3, 0.4) is 0 Å². The van der Waals surface area contributed by atoms with Gasteiger partial charge < -0.3 is 4.74 Å². The van der Waals surface area contributed by atoms with Gasteiger partial charge in [-0.1, -0.05) is 6.58 Å². The zero-order valence-electron chi connectivity index (χ0n) is 7.19. The highest BCUT2D eigenvalue weighted by atomic mass is 31.1. The molecule has 0 aliphatic rings. The molecule has 0 aliphatic heterocycles. The lowest BCUT2D eigenvalue weighted by atomic mass is 10.5. The molecule has 0 rings (SSSR count). The zero-order valence-corrected chi connectivity index (χ0v) is 8.08. The van der Waals surface area contributed by atoms with Crippen LogP contribution in [0.1, 0.15) is 6.42 Å². The fourth-order valence-corrected chi connectivity index (χ4v) is 0.861. The van der Waals surface area contributed by atoms with Crippen molar-refractivity contribution in [1.29, 1.82) is 0 Å². The molecule has 0 spiro atoms. The molecule has 72 valence electrons. The Kier molecular flexibility index (Phi) is 5.72. The standard InChI is InChI=1S/C7H10O5P/c1-3-6(8)11-5-4-7(9)12-13(2)10/h3H,1,4-5H2,2H3/q+1. The van der Waals surface area contributed by atoms with Gasteiger partial charge in [0.05, 0.1) is 6.42 Å². The smallest absolute Gasteiger partial charge is 0.462 e. The molecule has 1 unspecified atom stereocenters. The van der Waals surface area contributed by atoms with Crippen LogP contribution in [0.15, 0.2) is 12.7 Å². The third-order valence-electron chi connectivity index (χ3n) is 0.948. The first-order valence-corrected chi connectivity index (χ1v) is 5.09. The number of carbonyl (C=O) groups is 2. The molecule has 0 aliphatic carbocycles. The maximum absolute atomic E-state index is 10.7. The Labute approximate surface area is 76.6 Å². The van der Waals surface area contributed by atoms with Crippen molar-refractivity contribution in [3.63, 3.8) is 0 Å². The van der Waals surface area contributed by atoms with Gasteiger partial charge in [0.25, 0.3) is 0 Å². The molecule has 0 radical (unpaired) electrons. The number of carbonyl (C=O) groups excluding carboxylic acids is 2. The highest BCUT2D eigenvalue weighted by molar-refractivity contribution is 7.38. The van der Waals surface area contributed by atoms with E-state index in [9.17, 15) is 14.2 Å². The highest BCUT2D eigenvalue weighted by Gasteiger charge is 2.15. The third kappa shape index (κ3) is 7.15. The first-order chi connectivity index (χ1) is 6.06. The molecule has 0 saturated heterocycles. The van der Waals surface area contributed by atoms with Crippen LogP contribution in [0, 0.1) is 0 Å². The number of hydrogen-bond acceptors (Lipinski definition) is 5. The van der Waals surface area contributed by atoms with Crippen LogP contribution in [0.4, 0.5) is 0 Å². The van der Waals surface area contributed by atoms with Crippen molar-refractivity contribution in [2.24, 2.45) is 0 Å². The van der Waals surface area contributed by atoms with Crippen LogP contribution >= 0.6 is 8.03 Å². The van der Waals surface area contributed by atoms with Gasteiger partial charge in [-0.15, -0.1) is 0 Å². The van der Waals surface area contributed by atoms with E-state index in [0.29, 0.717) is 0 Å². The summed E-state index contributed by atoms with van der Waals surface area (Å²) in [4.78, 5) is 21.2. The maximum Gasteiger partial charge on any atom is 0.555 e. The molecule has 0 aromatic carbocycles. The van der Waals surface area contributed by atoms with Crippen LogP contribution in [0.2, 0.25) is 0 Å². The second kappa shape index (κ2) is 6.31. The minimum atomic E-state index is -1.94. The summed E-state index contributed by atoms with van der Waals surface area (Å²) in [6.07, 6.45) is 0.889. The van der Waals surface area contributed by atoms with E-state index in [1.165, 1.54) is 6.66 Å². The molecule has 0 aromatic heterocycles. The van der Waals surface area contributed by atoms with Gasteiger partial charge in [-0.3, -0.25) is 0 Å². The van der Waals surface area contributed by atoms with Crippen LogP contribution in [-0.4, -0.2) is 25.2 Å². The summed E-state index contributed by atoms with van der Waals surface area (Å²) in [7, 11) is -1.94. The predicted octanol–water partition coefficient (Wildman–Crippen LogP) is 1.02. The largest absolute Gasteiger partial charge is 0.555 e. The van der Waals surface area contributed by atoms with E-state index in [2.05, 4.69) is 15.8 Å². The van der Waals surface area contributed by atoms with E-state index in [4.69, 9.17) is 0 Å². The van der Waals surface area contributed by atoms with E-state index < -0.39 is 20.0 Å². The van der Waals surface area contributed by atoms with Crippen molar-refractivity contribution < 1.29 is 23.4 Å². The molecule has 0 fully saturated rings. The van der Waals surface area contributed by atoms with Crippen LogP contribution in [0.25, 0.3) is 0 Å². The zero-order chi connectivity index (χ0) is 10.3. The van der Waals surface area contributed by atoms with Crippen molar-refractivity contribution >= 4 is 20.0 Å². The lowest BCUT2D eigenvalue weighted by Crippen LogP contribution is -2.07. The van der Waals surface area contributed by atoms with Gasteiger partial charge >= 0.3 is 20.0 Å². The summed E-state index contributed by atoms with van der Waals surface area (Å²) < 4.78 is 19.2. The Balaban J connectivity index is 3.53. The Bertz CT molecular complexity index is 235. The summed E-state index contributed by atoms with van der Waals surface area (Å²) in [6, 6.07) is 0. The summed E-state index contributed by atoms with van der Waals surface area (Å²) in [5.41, 5.74) is 0. The second-order valence-corrected chi connectivity index (χ2v) is 3.09. The number of rotatable bonds is 5. The minimum absolute atomic E-state index is 0.0904. The van der Waals surface area contributed by atoms with Crippen molar-refractivity contribution in [3.05, 3.63) is 12.7 Å². The molecule has 6 heteroatoms. The van der Waals surface area contributed by atoms with Crippen LogP contribution in [0.5, 0.6) is 0 Å². The first kappa shape index (κ1) is 11.8. The molecule has 0 saturated carbocycles. The first-order valence-electron chi connectivity index (χ1n) is 3.47. The molecular weight excluding hydrogens is 195 g/mol. The highest BCUT2D eigenvalue weighted by Crippen LogP contribution is 2.15. The minimum Gasteiger partial charge on any atom is -0.462 e. The molecular formula is C7H10O5P+. The molecule has 0 bridgehead atoms. The van der Waals surface area contributed by atoms with Crippen molar-refractivity contribution in [3.8, 4) is 0 Å². The monoisotopic (exact) mass is 205 g/mol. The fourth-order valence-electron chi connectivity index (χ4n) is 0.483. The van der Waals surface area contributed by atoms with E-state index in [-0.39, 0.29) is 13.0 Å². The Morgan fingerprint density at radius 3 is 2.62 bits per heavy atom. The molecule has 0 heterocycles. The van der Waals surface area contributed by atoms with E-state index >= 15 is 0 Å². The summed E-state index contributed by atoms with van der Waals surface area (Å²) >= 11 is 0. The van der Waals surface area contributed by atoms with Crippen LogP contribution < -0.4 is 0 Å². The quantitative estimate of drug-likeness (QED) is 0.380. The molecule has 1 atom stereocenters. The van der Waals surface area contributed by atoms with Gasteiger partial charge in [0.1, 0.15) is 6.61 Å². The molecule has 0 N–H and O–H groups in total. The molecule has 13 heavy (non-hydrogen) atoms. The molecule has 0 amide bonds. The van der Waals surface area contributed by atoms with Gasteiger partial charge in [0, 0.05) is 6.08 Å². The van der Waals surface area contributed by atoms with Gasteiger partial charge in [0.2, 0.25) is 0 Å². The third-order valence-corrected chi connectivity index (χ3v) is 1.41. The average molecular weight is 205 g/mol. The summed E-state index contributed by atoms with van der Waals surface area (Å²) in [5, 5.41) is 0. The molecule has 0 aromatic rings. The normalized spacial score (nSPS) is 10.1. The summed E-state index contributed by atoms with van der Waals surface area (Å²) in [5.74, 6) is -1.26. The lowest BCUT2D eigenvalue weighted by molar-refractivity contribution is -0.141. The van der Waals surface area contributed by atoms with Crippen molar-refractivity contribution in [2.75, 3.05) is 13.3 Å². The molecule has 5 nitrogen and oxygen atoms in total. The van der Waals surface area contributed by atoms with E-state index in [1.807, 2.05) is 0 Å². The van der Waals surface area contributed by atoms with E-state index in [0.717, 1.165) is 6.08 Å². The Morgan fingerprint density at radius 1 is 1.54 bits per heavy atom. The maximum atomic E-state index is 10.7. The average Bonchev–Trinajstić information content (AvgIpc) is 2.02. The number of ether oxygens (including phenoxy) is 1. The van der Waals surface area contributed by atoms with Gasteiger partial charge in [0.15, 0.2) is 6.66 Å². The summed E-state index contributed by atoms with van der Waals surface area (Å²) in [6.45, 7) is 4.35. The SMILES string of the molecule is C=CC(=O)OCCC(=O)O[P+](C)=O. The fraction of sp³-hybridized carbons (Fsp3) is 0.429. The van der Waals surface area contributed by atoms with Gasteiger partial charge in [-0.2, -0.15) is 0 Å².